The molecule has 13 atom stereocenters. The fourth-order valence-corrected chi connectivity index (χ4v) is 9.44. The first kappa shape index (κ1) is 42.8. The van der Waals surface area contributed by atoms with Gasteiger partial charge in [0.1, 0.15) is 36.6 Å². The number of aliphatic hydroxyl groups excluding tert-OH is 5. The van der Waals surface area contributed by atoms with Gasteiger partial charge in [-0.1, -0.05) is 30.3 Å². The molecule has 4 rings (SSSR count). The molecule has 0 amide bonds. The molecule has 2 aliphatic rings. The van der Waals surface area contributed by atoms with Gasteiger partial charge in [-0.25, -0.2) is 32.9 Å². The van der Waals surface area contributed by atoms with Crippen molar-refractivity contribution in [3.05, 3.63) is 58.6 Å². The van der Waals surface area contributed by atoms with Crippen molar-refractivity contribution in [3.8, 4) is 0 Å². The number of hydrogen-bond acceptors (Lipinski definition) is 20. The Hall–Kier alpha value is -1.93. The molecular formula is C22H32FN3O22P4. The molecule has 4 unspecified atom stereocenters. The smallest absolute Gasteiger partial charge is 0.394 e. The Balaban J connectivity index is 1.30. The van der Waals surface area contributed by atoms with Crippen LogP contribution in [-0.4, -0.2) is 117 Å². The lowest BCUT2D eigenvalue weighted by Crippen LogP contribution is -2.57. The van der Waals surface area contributed by atoms with Crippen LogP contribution in [0.25, 0.3) is 0 Å². The van der Waals surface area contributed by atoms with E-state index in [1.54, 1.807) is 30.3 Å². The molecule has 30 heteroatoms. The third-order valence-electron chi connectivity index (χ3n) is 6.76. The van der Waals surface area contributed by atoms with Gasteiger partial charge >= 0.3 is 37.0 Å². The Bertz CT molecular complexity index is 1770. The second kappa shape index (κ2) is 17.3. The number of rotatable bonds is 17. The quantitative estimate of drug-likeness (QED) is 0.0652. The molecule has 2 aromatic rings. The summed E-state index contributed by atoms with van der Waals surface area (Å²) in [5.41, 5.74) is 2.23. The third kappa shape index (κ3) is 11.5. The van der Waals surface area contributed by atoms with E-state index < -0.39 is 106 Å². The van der Waals surface area contributed by atoms with Gasteiger partial charge in [0.05, 0.1) is 19.8 Å². The van der Waals surface area contributed by atoms with E-state index in [0.29, 0.717) is 0 Å². The third-order valence-corrected chi connectivity index (χ3v) is 12.7. The van der Waals surface area contributed by atoms with Gasteiger partial charge in [-0.2, -0.15) is 17.9 Å². The van der Waals surface area contributed by atoms with Gasteiger partial charge in [-0.15, -0.1) is 0 Å². The highest BCUT2D eigenvalue weighted by Crippen LogP contribution is 2.71. The predicted molar refractivity (Wildman–Crippen MR) is 162 cm³/mol. The Morgan fingerprint density at radius 2 is 1.42 bits per heavy atom. The standard InChI is InChI=1S/C22H32FN3O22P4/c23-15-16(28)12(8-27)44-21(18(15)30)45-50(35,36)47-52(39,40)48-51(37,38)46-49(33,34)42-10-13-17(29)19(31)20(43-13)26-7-6-14(24-22(26)32)25-41-9-11-4-2-1-3-5-11/h1-7,12-13,15-21,27-31H,8-10H2,(H,33,34)(H,35,36)(H,37,38)(H,39,40)(H,24,25,32)/t12-,13-,15+,16-,17-,18-,19-,20-,21-/m1/s1. The molecule has 2 fully saturated rings. The fourth-order valence-electron chi connectivity index (χ4n) is 4.42. The average Bonchev–Trinajstić information content (AvgIpc) is 3.31. The SMILES string of the molecule is O=c1nc(NOCc2ccccc2)ccn1[C@@H]1O[C@H](COP(=O)(O)OP(=O)(O)OP(=O)(O)OP(=O)(O)O[C@H]2O[C@H](CO)[C@@H](O)[C@H](F)[C@H]2O)[C@@H](O)[C@H]1O. The number of benzene rings is 1. The zero-order chi connectivity index (χ0) is 38.6. The maximum absolute atomic E-state index is 14.0. The van der Waals surface area contributed by atoms with Gasteiger partial charge in [0.15, 0.2) is 24.5 Å². The van der Waals surface area contributed by atoms with Gasteiger partial charge in [-0.05, 0) is 11.6 Å². The van der Waals surface area contributed by atoms with Gasteiger partial charge in [0.2, 0.25) is 0 Å². The molecule has 1 aromatic carbocycles. The fraction of sp³-hybridized carbons (Fsp3) is 0.545. The van der Waals surface area contributed by atoms with Crippen molar-refractivity contribution in [2.24, 2.45) is 0 Å². The number of phosphoric ester groups is 2. The van der Waals surface area contributed by atoms with Crippen molar-refractivity contribution in [1.82, 2.24) is 9.55 Å². The molecule has 0 bridgehead atoms. The van der Waals surface area contributed by atoms with E-state index >= 15 is 0 Å². The van der Waals surface area contributed by atoms with Gasteiger partial charge in [-0.3, -0.25) is 18.5 Å². The molecular weight excluding hydrogens is 801 g/mol. The van der Waals surface area contributed by atoms with Crippen LogP contribution >= 0.6 is 31.3 Å². The van der Waals surface area contributed by atoms with Gasteiger partial charge in [0, 0.05) is 6.20 Å². The first-order valence-electron chi connectivity index (χ1n) is 14.2. The monoisotopic (exact) mass is 833 g/mol. The number of nitrogens with zero attached hydrogens (tertiary/aromatic N) is 2. The van der Waals surface area contributed by atoms with E-state index in [4.69, 9.17) is 14.7 Å². The van der Waals surface area contributed by atoms with E-state index in [2.05, 4.69) is 37.2 Å². The van der Waals surface area contributed by atoms with Crippen LogP contribution in [0.2, 0.25) is 0 Å². The lowest BCUT2D eigenvalue weighted by molar-refractivity contribution is -0.268. The molecule has 294 valence electrons. The number of anilines is 1. The van der Waals surface area contributed by atoms with E-state index in [1.807, 2.05) is 0 Å². The highest BCUT2D eigenvalue weighted by molar-refractivity contribution is 7.69. The molecule has 2 aliphatic heterocycles. The molecule has 52 heavy (non-hydrogen) atoms. The van der Waals surface area contributed by atoms with Crippen molar-refractivity contribution in [2.75, 3.05) is 18.7 Å². The lowest BCUT2D eigenvalue weighted by atomic mass is 10.0. The zero-order valence-electron chi connectivity index (χ0n) is 25.8. The summed E-state index contributed by atoms with van der Waals surface area (Å²) in [6.07, 6.45) is -17.8. The lowest BCUT2D eigenvalue weighted by Gasteiger charge is -2.38. The Morgan fingerprint density at radius 3 is 2.04 bits per heavy atom. The first-order chi connectivity index (χ1) is 24.1. The van der Waals surface area contributed by atoms with E-state index in [0.717, 1.165) is 16.3 Å². The average molecular weight is 833 g/mol. The van der Waals surface area contributed by atoms with Crippen molar-refractivity contribution in [3.63, 3.8) is 0 Å². The number of aromatic nitrogens is 2. The zero-order valence-corrected chi connectivity index (χ0v) is 29.3. The summed E-state index contributed by atoms with van der Waals surface area (Å²) in [7, 11) is -24.5. The van der Waals surface area contributed by atoms with Crippen LogP contribution in [0, 0.1) is 0 Å². The van der Waals surface area contributed by atoms with Crippen LogP contribution in [0.4, 0.5) is 10.2 Å². The summed E-state index contributed by atoms with van der Waals surface area (Å²) in [5.74, 6) is -0.0461. The van der Waals surface area contributed by atoms with Gasteiger partial charge in [0.25, 0.3) is 0 Å². The summed E-state index contributed by atoms with van der Waals surface area (Å²) in [5, 5.41) is 49.2. The van der Waals surface area contributed by atoms with Crippen molar-refractivity contribution in [2.45, 2.75) is 61.9 Å². The number of halogens is 1. The van der Waals surface area contributed by atoms with Crippen LogP contribution < -0.4 is 11.2 Å². The minimum Gasteiger partial charge on any atom is -0.394 e. The van der Waals surface area contributed by atoms with Crippen molar-refractivity contribution >= 4 is 37.1 Å². The number of aliphatic hydroxyl groups is 5. The molecule has 0 aliphatic carbocycles. The number of alkyl halides is 1. The second-order valence-corrected chi connectivity index (χ2v) is 16.8. The van der Waals surface area contributed by atoms with Crippen LogP contribution in [0.15, 0.2) is 47.4 Å². The van der Waals surface area contributed by atoms with Gasteiger partial charge < -0.3 is 54.6 Å². The molecule has 25 nitrogen and oxygen atoms in total. The Morgan fingerprint density at radius 1 is 0.808 bits per heavy atom. The summed E-state index contributed by atoms with van der Waals surface area (Å²) in [6.45, 7) is -2.20. The molecule has 2 saturated heterocycles. The highest BCUT2D eigenvalue weighted by Gasteiger charge is 2.51. The maximum atomic E-state index is 14.0. The van der Waals surface area contributed by atoms with E-state index in [1.165, 1.54) is 6.07 Å². The number of phosphoric acid groups is 4. The molecule has 10 N–H and O–H groups in total. The summed E-state index contributed by atoms with van der Waals surface area (Å²) < 4.78 is 93.5. The van der Waals surface area contributed by atoms with Crippen LogP contribution in [0.5, 0.6) is 0 Å². The molecule has 1 aromatic heterocycles. The Labute approximate surface area is 290 Å². The number of nitrogens with one attached hydrogen (secondary N) is 1. The minimum atomic E-state index is -6.33. The molecule has 0 spiro atoms. The Kier molecular flexibility index (Phi) is 14.2. The number of ether oxygens (including phenoxy) is 2. The van der Waals surface area contributed by atoms with Crippen LogP contribution in [0.3, 0.4) is 0 Å². The number of hydrogen-bond donors (Lipinski definition) is 10. The summed E-state index contributed by atoms with van der Waals surface area (Å²) in [6, 6.07) is 10.2. The van der Waals surface area contributed by atoms with E-state index in [9.17, 15) is 67.4 Å². The highest BCUT2D eigenvalue weighted by atomic mass is 31.3. The van der Waals surface area contributed by atoms with Crippen molar-refractivity contribution < 1.29 is 104 Å². The minimum absolute atomic E-state index is 0.0461. The van der Waals surface area contributed by atoms with E-state index in [-0.39, 0.29) is 12.4 Å². The summed E-state index contributed by atoms with van der Waals surface area (Å²) >= 11 is 0. The maximum Gasteiger partial charge on any atom is 0.490 e. The first-order valence-corrected chi connectivity index (χ1v) is 20.2. The molecule has 0 radical (unpaired) electrons. The summed E-state index contributed by atoms with van der Waals surface area (Å²) in [4.78, 5) is 60.6. The predicted octanol–water partition coefficient (Wildman–Crippen LogP) is -1.33. The molecule has 3 heterocycles. The topological polar surface area (TPSA) is 371 Å². The van der Waals surface area contributed by atoms with Crippen LogP contribution in [-0.2, 0) is 61.2 Å². The molecule has 0 saturated carbocycles. The largest absolute Gasteiger partial charge is 0.490 e. The normalized spacial score (nSPS) is 32.6. The van der Waals surface area contributed by atoms with Crippen LogP contribution in [0.1, 0.15) is 11.8 Å². The second-order valence-electron chi connectivity index (χ2n) is 10.6. The van der Waals surface area contributed by atoms with Crippen molar-refractivity contribution in [1.29, 1.82) is 0 Å².